The Morgan fingerprint density at radius 3 is 2.47 bits per heavy atom. The van der Waals surface area contributed by atoms with Crippen LogP contribution in [0.5, 0.6) is 5.75 Å². The molecule has 30 heavy (non-hydrogen) atoms. The summed E-state index contributed by atoms with van der Waals surface area (Å²) in [6.45, 7) is 1.94. The number of esters is 2. The second-order valence-corrected chi connectivity index (χ2v) is 7.05. The van der Waals surface area contributed by atoms with E-state index < -0.39 is 11.9 Å². The van der Waals surface area contributed by atoms with Crippen LogP contribution in [0.2, 0.25) is 5.02 Å². The van der Waals surface area contributed by atoms with E-state index in [1.54, 1.807) is 36.4 Å². The molecule has 4 rings (SSSR count). The highest BCUT2D eigenvalue weighted by Crippen LogP contribution is 2.28. The van der Waals surface area contributed by atoms with Gasteiger partial charge < -0.3 is 9.47 Å². The lowest BCUT2D eigenvalue weighted by atomic mass is 10.1. The van der Waals surface area contributed by atoms with Crippen molar-refractivity contribution in [3.8, 4) is 5.75 Å². The summed E-state index contributed by atoms with van der Waals surface area (Å²) in [5.41, 5.74) is 2.98. The standard InChI is InChI=1S/C24H16ClNO4/c1-15-7-10-18(11-8-15)23(27)29-21-12-9-16(13-19(21)25)14-20-24(28)30-22(26-20)17-5-3-2-4-6-17/h2-14H,1H3/b20-14+. The molecule has 3 aromatic rings. The number of halogens is 1. The highest BCUT2D eigenvalue weighted by molar-refractivity contribution is 6.32. The van der Waals surface area contributed by atoms with E-state index in [4.69, 9.17) is 21.1 Å². The molecule has 148 valence electrons. The Labute approximate surface area is 178 Å². The Morgan fingerprint density at radius 1 is 1.03 bits per heavy atom. The van der Waals surface area contributed by atoms with Crippen LogP contribution in [0.3, 0.4) is 0 Å². The minimum Gasteiger partial charge on any atom is -0.421 e. The van der Waals surface area contributed by atoms with Crippen molar-refractivity contribution in [3.63, 3.8) is 0 Å². The van der Waals surface area contributed by atoms with Gasteiger partial charge in [0.15, 0.2) is 5.70 Å². The minimum atomic E-state index is -0.542. The van der Waals surface area contributed by atoms with E-state index in [-0.39, 0.29) is 22.4 Å². The van der Waals surface area contributed by atoms with Gasteiger partial charge in [-0.3, -0.25) is 0 Å². The number of aliphatic imine (C=N–C) groups is 1. The van der Waals surface area contributed by atoms with Crippen molar-refractivity contribution in [3.05, 3.63) is 106 Å². The van der Waals surface area contributed by atoms with Crippen LogP contribution in [0.15, 0.2) is 83.5 Å². The van der Waals surface area contributed by atoms with Gasteiger partial charge in [-0.2, -0.15) is 0 Å². The average Bonchev–Trinajstić information content (AvgIpc) is 3.11. The first-order valence-corrected chi connectivity index (χ1v) is 9.54. The molecule has 0 spiro atoms. The summed E-state index contributed by atoms with van der Waals surface area (Å²) in [4.78, 5) is 28.7. The van der Waals surface area contributed by atoms with Crippen LogP contribution in [0.4, 0.5) is 0 Å². The molecule has 0 atom stereocenters. The second kappa shape index (κ2) is 8.35. The molecule has 1 aliphatic rings. The van der Waals surface area contributed by atoms with Crippen LogP contribution in [-0.4, -0.2) is 17.8 Å². The third kappa shape index (κ3) is 4.31. The first kappa shape index (κ1) is 19.6. The van der Waals surface area contributed by atoms with Crippen LogP contribution in [0.25, 0.3) is 6.08 Å². The van der Waals surface area contributed by atoms with E-state index in [0.717, 1.165) is 5.56 Å². The third-order valence-corrected chi connectivity index (χ3v) is 4.69. The summed E-state index contributed by atoms with van der Waals surface area (Å²) >= 11 is 6.27. The van der Waals surface area contributed by atoms with Gasteiger partial charge in [0.2, 0.25) is 5.90 Å². The molecule has 3 aromatic carbocycles. The molecular weight excluding hydrogens is 402 g/mol. The zero-order valence-electron chi connectivity index (χ0n) is 16.0. The number of rotatable bonds is 4. The number of carbonyl (C=O) groups excluding carboxylic acids is 2. The van der Waals surface area contributed by atoms with Crippen molar-refractivity contribution in [2.24, 2.45) is 4.99 Å². The lowest BCUT2D eigenvalue weighted by Crippen LogP contribution is -2.08. The predicted molar refractivity (Wildman–Crippen MR) is 115 cm³/mol. The zero-order chi connectivity index (χ0) is 21.1. The molecule has 0 unspecified atom stereocenters. The highest BCUT2D eigenvalue weighted by atomic mass is 35.5. The fourth-order valence-corrected chi connectivity index (χ4v) is 3.04. The van der Waals surface area contributed by atoms with Crippen molar-refractivity contribution >= 4 is 35.5 Å². The maximum Gasteiger partial charge on any atom is 0.363 e. The molecule has 6 heteroatoms. The van der Waals surface area contributed by atoms with Gasteiger partial charge in [0.05, 0.1) is 10.6 Å². The van der Waals surface area contributed by atoms with Gasteiger partial charge in [0, 0.05) is 5.56 Å². The molecule has 0 amide bonds. The Balaban J connectivity index is 1.53. The molecule has 0 N–H and O–H groups in total. The smallest absolute Gasteiger partial charge is 0.363 e. The number of nitrogens with zero attached hydrogens (tertiary/aromatic N) is 1. The quantitative estimate of drug-likeness (QED) is 0.332. The van der Waals surface area contributed by atoms with Gasteiger partial charge in [0.25, 0.3) is 0 Å². The number of cyclic esters (lactones) is 1. The molecule has 0 saturated heterocycles. The molecule has 0 fully saturated rings. The van der Waals surface area contributed by atoms with Gasteiger partial charge in [-0.05, 0) is 55.0 Å². The lowest BCUT2D eigenvalue weighted by molar-refractivity contribution is -0.129. The molecule has 0 bridgehead atoms. The Hall–Kier alpha value is -3.70. The fourth-order valence-electron chi connectivity index (χ4n) is 2.81. The maximum absolute atomic E-state index is 12.3. The first-order chi connectivity index (χ1) is 14.5. The molecule has 5 nitrogen and oxygen atoms in total. The summed E-state index contributed by atoms with van der Waals surface area (Å²) < 4.78 is 10.6. The fraction of sp³-hybridized carbons (Fsp3) is 0.0417. The summed E-state index contributed by atoms with van der Waals surface area (Å²) in [6, 6.07) is 21.1. The van der Waals surface area contributed by atoms with Crippen LogP contribution in [0, 0.1) is 6.92 Å². The number of carbonyl (C=O) groups is 2. The van der Waals surface area contributed by atoms with Gasteiger partial charge in [0.1, 0.15) is 5.75 Å². The minimum absolute atomic E-state index is 0.161. The molecule has 0 radical (unpaired) electrons. The molecule has 0 aromatic heterocycles. The third-order valence-electron chi connectivity index (χ3n) is 4.39. The average molecular weight is 418 g/mol. The van der Waals surface area contributed by atoms with Crippen molar-refractivity contribution in [1.29, 1.82) is 0 Å². The van der Waals surface area contributed by atoms with E-state index in [2.05, 4.69) is 4.99 Å². The summed E-state index contributed by atoms with van der Waals surface area (Å²) in [6.07, 6.45) is 1.57. The zero-order valence-corrected chi connectivity index (χ0v) is 16.7. The van der Waals surface area contributed by atoms with E-state index in [1.165, 1.54) is 0 Å². The summed E-state index contributed by atoms with van der Waals surface area (Å²) in [5, 5.41) is 0.239. The normalized spacial score (nSPS) is 14.4. The number of ether oxygens (including phenoxy) is 2. The Morgan fingerprint density at radius 2 is 1.77 bits per heavy atom. The summed E-state index contributed by atoms with van der Waals surface area (Å²) in [5.74, 6) is -0.562. The van der Waals surface area contributed by atoms with Gasteiger partial charge in [-0.1, -0.05) is 53.6 Å². The van der Waals surface area contributed by atoms with Crippen molar-refractivity contribution < 1.29 is 19.1 Å². The molecule has 1 heterocycles. The van der Waals surface area contributed by atoms with Crippen molar-refractivity contribution in [1.82, 2.24) is 0 Å². The number of aryl methyl sites for hydroxylation is 1. The van der Waals surface area contributed by atoms with Crippen molar-refractivity contribution in [2.45, 2.75) is 6.92 Å². The Kier molecular flexibility index (Phi) is 5.46. The molecular formula is C24H16ClNO4. The first-order valence-electron chi connectivity index (χ1n) is 9.16. The van der Waals surface area contributed by atoms with E-state index >= 15 is 0 Å². The summed E-state index contributed by atoms with van der Waals surface area (Å²) in [7, 11) is 0. The number of benzene rings is 3. The maximum atomic E-state index is 12.3. The highest BCUT2D eigenvalue weighted by Gasteiger charge is 2.24. The monoisotopic (exact) mass is 417 g/mol. The second-order valence-electron chi connectivity index (χ2n) is 6.65. The number of hydrogen-bond donors (Lipinski definition) is 0. The van der Waals surface area contributed by atoms with Crippen molar-refractivity contribution in [2.75, 3.05) is 0 Å². The van der Waals surface area contributed by atoms with Gasteiger partial charge in [-0.15, -0.1) is 0 Å². The number of hydrogen-bond acceptors (Lipinski definition) is 5. The van der Waals surface area contributed by atoms with Gasteiger partial charge >= 0.3 is 11.9 Å². The SMILES string of the molecule is Cc1ccc(C(=O)Oc2ccc(/C=C3/N=C(c4ccccc4)OC3=O)cc2Cl)cc1. The van der Waals surface area contributed by atoms with Crippen LogP contribution >= 0.6 is 11.6 Å². The largest absolute Gasteiger partial charge is 0.421 e. The van der Waals surface area contributed by atoms with E-state index in [9.17, 15) is 9.59 Å². The van der Waals surface area contributed by atoms with E-state index in [1.807, 2.05) is 49.4 Å². The van der Waals surface area contributed by atoms with Crippen LogP contribution in [0.1, 0.15) is 27.0 Å². The molecule has 0 aliphatic carbocycles. The van der Waals surface area contributed by atoms with E-state index in [0.29, 0.717) is 16.7 Å². The predicted octanol–water partition coefficient (Wildman–Crippen LogP) is 5.21. The topological polar surface area (TPSA) is 65.0 Å². The van der Waals surface area contributed by atoms with Gasteiger partial charge in [-0.25, -0.2) is 14.6 Å². The van der Waals surface area contributed by atoms with Crippen LogP contribution < -0.4 is 4.74 Å². The Bertz CT molecular complexity index is 1180. The lowest BCUT2D eigenvalue weighted by Gasteiger charge is -2.07. The molecule has 1 aliphatic heterocycles. The molecule has 0 saturated carbocycles. The van der Waals surface area contributed by atoms with Crippen LogP contribution in [-0.2, 0) is 9.53 Å².